The molecule has 0 aliphatic heterocycles. The van der Waals surface area contributed by atoms with Crippen molar-refractivity contribution in [3.05, 3.63) is 29.6 Å². The Bertz CT molecular complexity index is 555. The molecule has 1 aromatic rings. The van der Waals surface area contributed by atoms with E-state index in [4.69, 9.17) is 10.2 Å². The third-order valence-electron chi connectivity index (χ3n) is 2.04. The number of carboxylic acid groups (broad SMARTS) is 1. The molecule has 3 N–H and O–H groups in total. The lowest BCUT2D eigenvalue weighted by molar-refractivity contribution is 0.0696. The molecule has 0 bridgehead atoms. The molecule has 0 amide bonds. The Hall–Kier alpha value is -1.51. The molecule has 100 valence electrons. The Morgan fingerprint density at radius 1 is 1.50 bits per heavy atom. The van der Waals surface area contributed by atoms with Gasteiger partial charge in [-0.1, -0.05) is 0 Å². The van der Waals surface area contributed by atoms with E-state index in [0.29, 0.717) is 6.07 Å². The van der Waals surface area contributed by atoms with E-state index < -0.39 is 32.8 Å². The number of aliphatic hydroxyl groups excluding tert-OH is 1. The second-order valence-electron chi connectivity index (χ2n) is 3.65. The van der Waals surface area contributed by atoms with Crippen LogP contribution in [0.2, 0.25) is 0 Å². The van der Waals surface area contributed by atoms with Gasteiger partial charge in [0, 0.05) is 6.54 Å². The Labute approximate surface area is 103 Å². The summed E-state index contributed by atoms with van der Waals surface area (Å²) in [6.07, 6.45) is -0.916. The molecule has 1 aromatic carbocycles. The molecule has 0 saturated carbocycles. The molecule has 0 heterocycles. The Balaban J connectivity index is 3.06. The molecule has 0 aliphatic carbocycles. The van der Waals surface area contributed by atoms with Crippen molar-refractivity contribution in [1.29, 1.82) is 0 Å². The van der Waals surface area contributed by atoms with Crippen LogP contribution in [0.25, 0.3) is 0 Å². The van der Waals surface area contributed by atoms with E-state index in [2.05, 4.69) is 0 Å². The first-order valence-electron chi connectivity index (χ1n) is 4.94. The van der Waals surface area contributed by atoms with Gasteiger partial charge in [0.05, 0.1) is 11.7 Å². The molecule has 0 spiro atoms. The van der Waals surface area contributed by atoms with Gasteiger partial charge in [-0.2, -0.15) is 0 Å². The van der Waals surface area contributed by atoms with Crippen LogP contribution >= 0.6 is 0 Å². The number of hydrogen-bond acceptors (Lipinski definition) is 4. The van der Waals surface area contributed by atoms with Gasteiger partial charge in [-0.3, -0.25) is 0 Å². The molecule has 6 nitrogen and oxygen atoms in total. The molecule has 8 heteroatoms. The van der Waals surface area contributed by atoms with Crippen LogP contribution in [0.5, 0.6) is 0 Å². The van der Waals surface area contributed by atoms with Gasteiger partial charge in [0.1, 0.15) is 10.7 Å². The van der Waals surface area contributed by atoms with Crippen molar-refractivity contribution in [2.75, 3.05) is 6.54 Å². The zero-order chi connectivity index (χ0) is 13.9. The molecule has 0 saturated heterocycles. The zero-order valence-electron chi connectivity index (χ0n) is 9.42. The number of hydrogen-bond donors (Lipinski definition) is 3. The van der Waals surface area contributed by atoms with E-state index in [0.717, 1.165) is 12.1 Å². The predicted molar refractivity (Wildman–Crippen MR) is 60.2 cm³/mol. The van der Waals surface area contributed by atoms with Gasteiger partial charge in [0.2, 0.25) is 10.0 Å². The van der Waals surface area contributed by atoms with Gasteiger partial charge >= 0.3 is 5.97 Å². The molecule has 1 unspecified atom stereocenters. The van der Waals surface area contributed by atoms with E-state index in [1.807, 2.05) is 4.72 Å². The first kappa shape index (κ1) is 14.6. The van der Waals surface area contributed by atoms with E-state index in [1.54, 1.807) is 0 Å². The summed E-state index contributed by atoms with van der Waals surface area (Å²) in [4.78, 5) is 9.91. The number of carbonyl (C=O) groups is 1. The monoisotopic (exact) mass is 277 g/mol. The molecule has 0 fully saturated rings. The lowest BCUT2D eigenvalue weighted by Gasteiger charge is -2.09. The van der Waals surface area contributed by atoms with E-state index in [1.165, 1.54) is 6.92 Å². The lowest BCUT2D eigenvalue weighted by atomic mass is 10.2. The summed E-state index contributed by atoms with van der Waals surface area (Å²) >= 11 is 0. The highest BCUT2D eigenvalue weighted by Crippen LogP contribution is 2.16. The van der Waals surface area contributed by atoms with Crippen LogP contribution in [0, 0.1) is 5.82 Å². The van der Waals surface area contributed by atoms with Crippen LogP contribution in [-0.4, -0.2) is 37.2 Å². The zero-order valence-corrected chi connectivity index (χ0v) is 10.2. The van der Waals surface area contributed by atoms with Gasteiger partial charge in [0.15, 0.2) is 0 Å². The minimum atomic E-state index is -4.11. The maximum Gasteiger partial charge on any atom is 0.335 e. The van der Waals surface area contributed by atoms with E-state index in [-0.39, 0.29) is 12.1 Å². The normalized spacial score (nSPS) is 13.3. The van der Waals surface area contributed by atoms with E-state index in [9.17, 15) is 17.6 Å². The lowest BCUT2D eigenvalue weighted by Crippen LogP contribution is -2.31. The van der Waals surface area contributed by atoms with Crippen molar-refractivity contribution in [3.63, 3.8) is 0 Å². The fraction of sp³-hybridized carbons (Fsp3) is 0.300. The maximum absolute atomic E-state index is 13.5. The van der Waals surface area contributed by atoms with Crippen molar-refractivity contribution >= 4 is 16.0 Å². The first-order valence-corrected chi connectivity index (χ1v) is 6.43. The molecule has 0 aromatic heterocycles. The minimum absolute atomic E-state index is 0.261. The molecule has 1 rings (SSSR count). The Morgan fingerprint density at radius 2 is 2.11 bits per heavy atom. The summed E-state index contributed by atoms with van der Waals surface area (Å²) in [6, 6.07) is 2.48. The summed E-state index contributed by atoms with van der Waals surface area (Å²) in [5, 5.41) is 17.6. The number of rotatable bonds is 5. The second-order valence-corrected chi connectivity index (χ2v) is 5.39. The van der Waals surface area contributed by atoms with E-state index >= 15 is 0 Å². The fourth-order valence-electron chi connectivity index (χ4n) is 1.16. The van der Waals surface area contributed by atoms with Crippen molar-refractivity contribution in [2.45, 2.75) is 17.9 Å². The van der Waals surface area contributed by atoms with Crippen LogP contribution in [0.15, 0.2) is 23.1 Å². The summed E-state index contributed by atoms with van der Waals surface area (Å²) in [6.45, 7) is 1.11. The molecule has 18 heavy (non-hydrogen) atoms. The summed E-state index contributed by atoms with van der Waals surface area (Å²) in [7, 11) is -4.11. The molecule has 1 atom stereocenters. The molecular weight excluding hydrogens is 265 g/mol. The molecule has 0 radical (unpaired) electrons. The van der Waals surface area contributed by atoms with Gasteiger partial charge in [-0.05, 0) is 25.1 Å². The van der Waals surface area contributed by atoms with Crippen molar-refractivity contribution in [3.8, 4) is 0 Å². The topological polar surface area (TPSA) is 104 Å². The first-order chi connectivity index (χ1) is 8.24. The number of benzene rings is 1. The van der Waals surface area contributed by atoms with Gasteiger partial charge < -0.3 is 10.2 Å². The maximum atomic E-state index is 13.5. The number of nitrogens with one attached hydrogen (secondary N) is 1. The Morgan fingerprint density at radius 3 is 2.56 bits per heavy atom. The van der Waals surface area contributed by atoms with Gasteiger partial charge in [0.25, 0.3) is 0 Å². The minimum Gasteiger partial charge on any atom is -0.478 e. The fourth-order valence-corrected chi connectivity index (χ4v) is 2.34. The number of sulfonamides is 1. The SMILES string of the molecule is CC(O)CNS(=O)(=O)c1ccc(C(=O)O)cc1F. The highest BCUT2D eigenvalue weighted by Gasteiger charge is 2.20. The largest absolute Gasteiger partial charge is 0.478 e. The average Bonchev–Trinajstić information content (AvgIpc) is 2.26. The van der Waals surface area contributed by atoms with Crippen LogP contribution in [0.3, 0.4) is 0 Å². The third kappa shape index (κ3) is 3.49. The standard InChI is InChI=1S/C10H12FNO5S/c1-6(13)5-12-18(16,17)9-3-2-7(10(14)15)4-8(9)11/h2-4,6,12-13H,5H2,1H3,(H,14,15). The highest BCUT2D eigenvalue weighted by atomic mass is 32.2. The second kappa shape index (κ2) is 5.42. The predicted octanol–water partition coefficient (Wildman–Crippen LogP) is 0.183. The van der Waals surface area contributed by atoms with Gasteiger partial charge in [-0.25, -0.2) is 22.3 Å². The quantitative estimate of drug-likeness (QED) is 0.712. The molecular formula is C10H12FNO5S. The number of halogens is 1. The van der Waals surface area contributed by atoms with Crippen LogP contribution < -0.4 is 4.72 Å². The van der Waals surface area contributed by atoms with Crippen molar-refractivity contribution < 1.29 is 27.8 Å². The van der Waals surface area contributed by atoms with Crippen LogP contribution in [0.4, 0.5) is 4.39 Å². The van der Waals surface area contributed by atoms with Crippen molar-refractivity contribution in [2.24, 2.45) is 0 Å². The third-order valence-corrected chi connectivity index (χ3v) is 3.49. The number of aromatic carboxylic acids is 1. The van der Waals surface area contributed by atoms with Crippen LogP contribution in [-0.2, 0) is 10.0 Å². The van der Waals surface area contributed by atoms with Gasteiger partial charge in [-0.15, -0.1) is 0 Å². The summed E-state index contributed by atoms with van der Waals surface area (Å²) < 4.78 is 38.7. The Kier molecular flexibility index (Phi) is 4.38. The average molecular weight is 277 g/mol. The van der Waals surface area contributed by atoms with Crippen LogP contribution in [0.1, 0.15) is 17.3 Å². The summed E-state index contributed by atoms with van der Waals surface area (Å²) in [5.74, 6) is -2.51. The number of carboxylic acids is 1. The highest BCUT2D eigenvalue weighted by molar-refractivity contribution is 7.89. The number of aliphatic hydroxyl groups is 1. The van der Waals surface area contributed by atoms with Crippen molar-refractivity contribution in [1.82, 2.24) is 4.72 Å². The molecule has 0 aliphatic rings. The smallest absolute Gasteiger partial charge is 0.335 e. The summed E-state index contributed by atoms with van der Waals surface area (Å²) in [5.41, 5.74) is -0.345.